The van der Waals surface area contributed by atoms with Gasteiger partial charge in [-0.3, -0.25) is 4.79 Å². The summed E-state index contributed by atoms with van der Waals surface area (Å²) in [5.41, 5.74) is 5.89. The van der Waals surface area contributed by atoms with Crippen LogP contribution in [0.4, 0.5) is 0 Å². The third-order valence-corrected chi connectivity index (χ3v) is 1.96. The van der Waals surface area contributed by atoms with Gasteiger partial charge in [-0.15, -0.1) is 12.4 Å². The lowest BCUT2D eigenvalue weighted by atomic mass is 10.2. The number of hydrogen-bond acceptors (Lipinski definition) is 5. The molecule has 1 atom stereocenters. The SMILES string of the molecule is CC(N)CCNC(=O)c1cnsn1.Cl. The van der Waals surface area contributed by atoms with Gasteiger partial charge in [0.15, 0.2) is 5.69 Å². The number of nitrogens with two attached hydrogens (primary N) is 1. The van der Waals surface area contributed by atoms with Crippen LogP contribution in [0.1, 0.15) is 23.8 Å². The largest absolute Gasteiger partial charge is 0.351 e. The topological polar surface area (TPSA) is 80.9 Å². The highest BCUT2D eigenvalue weighted by atomic mass is 35.5. The average Bonchev–Trinajstić information content (AvgIpc) is 2.55. The second-order valence-electron chi connectivity index (χ2n) is 2.81. The molecule has 1 aromatic rings. The molecule has 7 heteroatoms. The number of halogens is 1. The fourth-order valence-electron chi connectivity index (χ4n) is 0.769. The number of carbonyl (C=O) groups excluding carboxylic acids is 1. The Hall–Kier alpha value is -0.720. The van der Waals surface area contributed by atoms with E-state index in [1.807, 2.05) is 6.92 Å². The third kappa shape index (κ3) is 4.50. The normalized spacial score (nSPS) is 11.6. The highest BCUT2D eigenvalue weighted by molar-refractivity contribution is 6.99. The fourth-order valence-corrected chi connectivity index (χ4v) is 1.18. The van der Waals surface area contributed by atoms with E-state index < -0.39 is 0 Å². The Morgan fingerprint density at radius 2 is 2.50 bits per heavy atom. The van der Waals surface area contributed by atoms with E-state index in [0.717, 1.165) is 18.1 Å². The highest BCUT2D eigenvalue weighted by Gasteiger charge is 2.07. The van der Waals surface area contributed by atoms with Gasteiger partial charge in [-0.1, -0.05) is 0 Å². The zero-order chi connectivity index (χ0) is 9.68. The zero-order valence-corrected chi connectivity index (χ0v) is 9.40. The molecule has 5 nitrogen and oxygen atoms in total. The first-order chi connectivity index (χ1) is 6.20. The van der Waals surface area contributed by atoms with Crippen LogP contribution in [0.3, 0.4) is 0 Å². The first-order valence-electron chi connectivity index (χ1n) is 4.01. The molecule has 1 rings (SSSR count). The third-order valence-electron chi connectivity index (χ3n) is 1.48. The quantitative estimate of drug-likeness (QED) is 0.794. The molecule has 1 heterocycles. The van der Waals surface area contributed by atoms with Crippen LogP contribution in [-0.4, -0.2) is 27.2 Å². The maximum Gasteiger partial charge on any atom is 0.272 e. The van der Waals surface area contributed by atoms with Crippen LogP contribution in [0.5, 0.6) is 0 Å². The summed E-state index contributed by atoms with van der Waals surface area (Å²) in [5.74, 6) is -0.186. The minimum atomic E-state index is -0.186. The summed E-state index contributed by atoms with van der Waals surface area (Å²) >= 11 is 1.02. The lowest BCUT2D eigenvalue weighted by Gasteiger charge is -2.04. The van der Waals surface area contributed by atoms with Crippen molar-refractivity contribution in [2.45, 2.75) is 19.4 Å². The highest BCUT2D eigenvalue weighted by Crippen LogP contribution is 1.94. The number of rotatable bonds is 4. The van der Waals surface area contributed by atoms with Gasteiger partial charge in [0.2, 0.25) is 0 Å². The maximum absolute atomic E-state index is 11.2. The molecule has 1 unspecified atom stereocenters. The van der Waals surface area contributed by atoms with E-state index in [4.69, 9.17) is 5.73 Å². The van der Waals surface area contributed by atoms with Gasteiger partial charge in [-0.05, 0) is 13.3 Å². The van der Waals surface area contributed by atoms with Crippen molar-refractivity contribution in [1.82, 2.24) is 14.1 Å². The Morgan fingerprint density at radius 1 is 1.79 bits per heavy atom. The molecule has 14 heavy (non-hydrogen) atoms. The molecule has 0 aliphatic heterocycles. The van der Waals surface area contributed by atoms with Gasteiger partial charge >= 0.3 is 0 Å². The number of nitrogens with zero attached hydrogens (tertiary/aromatic N) is 2. The second-order valence-corrected chi connectivity index (χ2v) is 3.37. The molecule has 0 aliphatic carbocycles. The van der Waals surface area contributed by atoms with E-state index in [1.165, 1.54) is 6.20 Å². The summed E-state index contributed by atoms with van der Waals surface area (Å²) in [6, 6.07) is 0.105. The van der Waals surface area contributed by atoms with Gasteiger partial charge in [0, 0.05) is 12.6 Å². The smallest absolute Gasteiger partial charge is 0.272 e. The Morgan fingerprint density at radius 3 is 3.00 bits per heavy atom. The van der Waals surface area contributed by atoms with Gasteiger partial charge in [0.1, 0.15) is 0 Å². The van der Waals surface area contributed by atoms with Crippen LogP contribution < -0.4 is 11.1 Å². The molecule has 3 N–H and O–H groups in total. The molecule has 1 aromatic heterocycles. The van der Waals surface area contributed by atoms with Gasteiger partial charge in [-0.25, -0.2) is 0 Å². The Balaban J connectivity index is 0.00000169. The van der Waals surface area contributed by atoms with Crippen molar-refractivity contribution < 1.29 is 4.79 Å². The lowest BCUT2D eigenvalue weighted by Crippen LogP contribution is -2.29. The van der Waals surface area contributed by atoms with Crippen molar-refractivity contribution in [2.75, 3.05) is 6.54 Å². The predicted molar refractivity (Wildman–Crippen MR) is 57.8 cm³/mol. The first kappa shape index (κ1) is 13.3. The molecule has 0 fully saturated rings. The van der Waals surface area contributed by atoms with Gasteiger partial charge in [-0.2, -0.15) is 8.75 Å². The van der Waals surface area contributed by atoms with Crippen molar-refractivity contribution in [3.05, 3.63) is 11.9 Å². The van der Waals surface area contributed by atoms with Gasteiger partial charge in [0.25, 0.3) is 5.91 Å². The minimum Gasteiger partial charge on any atom is -0.351 e. The number of nitrogens with one attached hydrogen (secondary N) is 1. The van der Waals surface area contributed by atoms with E-state index in [0.29, 0.717) is 12.2 Å². The Bertz CT molecular complexity index is 265. The lowest BCUT2D eigenvalue weighted by molar-refractivity contribution is 0.0949. The average molecular weight is 237 g/mol. The van der Waals surface area contributed by atoms with Crippen LogP contribution in [0.2, 0.25) is 0 Å². The van der Waals surface area contributed by atoms with Crippen LogP contribution in [0, 0.1) is 0 Å². The molecule has 1 amide bonds. The Labute approximate surface area is 92.8 Å². The molecular formula is C7H13ClN4OS. The number of hydrogen-bond donors (Lipinski definition) is 2. The van der Waals surface area contributed by atoms with E-state index in [-0.39, 0.29) is 24.4 Å². The number of aromatic nitrogens is 2. The number of carbonyl (C=O) groups is 1. The summed E-state index contributed by atoms with van der Waals surface area (Å²) in [7, 11) is 0. The van der Waals surface area contributed by atoms with Crippen LogP contribution in [0.25, 0.3) is 0 Å². The molecule has 0 aliphatic rings. The molecule has 0 radical (unpaired) electrons. The van der Waals surface area contributed by atoms with Crippen LogP contribution in [0.15, 0.2) is 6.20 Å². The molecule has 0 aromatic carbocycles. The fraction of sp³-hybridized carbons (Fsp3) is 0.571. The van der Waals surface area contributed by atoms with Crippen LogP contribution >= 0.6 is 24.1 Å². The minimum absolute atomic E-state index is 0. The Kier molecular flexibility index (Phi) is 6.35. The standard InChI is InChI=1S/C7H12N4OS.ClH/c1-5(8)2-3-9-7(12)6-4-10-13-11-6;/h4-5H,2-3,8H2,1H3,(H,9,12);1H. The summed E-state index contributed by atoms with van der Waals surface area (Å²) in [6.07, 6.45) is 2.22. The second kappa shape index (κ2) is 6.69. The summed E-state index contributed by atoms with van der Waals surface area (Å²) in [5, 5.41) is 2.70. The van der Waals surface area contributed by atoms with E-state index >= 15 is 0 Å². The summed E-state index contributed by atoms with van der Waals surface area (Å²) in [4.78, 5) is 11.2. The molecular weight excluding hydrogens is 224 g/mol. The molecule has 0 saturated carbocycles. The van der Waals surface area contributed by atoms with Crippen molar-refractivity contribution >= 4 is 30.0 Å². The molecule has 0 bridgehead atoms. The van der Waals surface area contributed by atoms with E-state index in [2.05, 4.69) is 14.1 Å². The van der Waals surface area contributed by atoms with Gasteiger partial charge in [0.05, 0.1) is 17.9 Å². The maximum atomic E-state index is 11.2. The van der Waals surface area contributed by atoms with Gasteiger partial charge < -0.3 is 11.1 Å². The molecule has 0 spiro atoms. The molecule has 0 saturated heterocycles. The summed E-state index contributed by atoms with van der Waals surface area (Å²) in [6.45, 7) is 2.48. The zero-order valence-electron chi connectivity index (χ0n) is 7.77. The van der Waals surface area contributed by atoms with E-state index in [9.17, 15) is 4.79 Å². The predicted octanol–water partition coefficient (Wildman–Crippen LogP) is 0.427. The van der Waals surface area contributed by atoms with Crippen molar-refractivity contribution in [3.63, 3.8) is 0 Å². The molecule has 80 valence electrons. The van der Waals surface area contributed by atoms with E-state index in [1.54, 1.807) is 0 Å². The monoisotopic (exact) mass is 236 g/mol. The number of amides is 1. The van der Waals surface area contributed by atoms with Crippen molar-refractivity contribution in [2.24, 2.45) is 5.73 Å². The van der Waals surface area contributed by atoms with Crippen LogP contribution in [-0.2, 0) is 0 Å². The van der Waals surface area contributed by atoms with Crippen molar-refractivity contribution in [3.8, 4) is 0 Å². The van der Waals surface area contributed by atoms with Crippen molar-refractivity contribution in [1.29, 1.82) is 0 Å². The summed E-state index contributed by atoms with van der Waals surface area (Å²) < 4.78 is 7.53. The first-order valence-corrected chi connectivity index (χ1v) is 4.74.